The van der Waals surface area contributed by atoms with E-state index in [4.69, 9.17) is 9.47 Å². The molecule has 0 aliphatic heterocycles. The largest absolute Gasteiger partial charge is 0.497 e. The molecule has 0 saturated heterocycles. The lowest BCUT2D eigenvalue weighted by atomic mass is 10.1. The van der Waals surface area contributed by atoms with E-state index >= 15 is 0 Å². The third-order valence-corrected chi connectivity index (χ3v) is 4.10. The molecule has 2 rings (SSSR count). The Kier molecular flexibility index (Phi) is 7.31. The highest BCUT2D eigenvalue weighted by Crippen LogP contribution is 2.29. The fraction of sp³-hybridized carbons (Fsp3) is 0.300. The van der Waals surface area contributed by atoms with E-state index in [1.165, 1.54) is 7.11 Å². The number of carbonyl (C=O) groups excluding carboxylic acids is 2. The minimum atomic E-state index is -0.956. The maximum absolute atomic E-state index is 13.6. The number of nitrogens with one attached hydrogen (secondary N) is 2. The number of benzene rings is 2. The van der Waals surface area contributed by atoms with Crippen LogP contribution in [0.5, 0.6) is 11.5 Å². The molecule has 2 N–H and O–H groups in total. The predicted molar refractivity (Wildman–Crippen MR) is 99.4 cm³/mol. The summed E-state index contributed by atoms with van der Waals surface area (Å²) in [5.41, 5.74) is 0.493. The van der Waals surface area contributed by atoms with Crippen molar-refractivity contribution in [3.8, 4) is 11.5 Å². The topological polar surface area (TPSA) is 76.7 Å². The van der Waals surface area contributed by atoms with E-state index in [0.717, 1.165) is 17.7 Å². The van der Waals surface area contributed by atoms with Gasteiger partial charge in [0.1, 0.15) is 23.1 Å². The Morgan fingerprint density at radius 2 is 1.82 bits per heavy atom. The molecule has 0 spiro atoms. The standard InChI is InChI=1S/C20H22F2N2O4/c1-12(15-7-5-14(27-2)11-18(15)28-3)24-19(25)8-9-23-20(26)16-6-4-13(21)10-17(16)22/h4-7,10-12H,8-9H2,1-3H3,(H,23,26)(H,24,25). The zero-order valence-electron chi connectivity index (χ0n) is 15.8. The third kappa shape index (κ3) is 5.42. The van der Waals surface area contributed by atoms with Crippen molar-refractivity contribution in [2.75, 3.05) is 20.8 Å². The molecule has 150 valence electrons. The van der Waals surface area contributed by atoms with E-state index in [-0.39, 0.29) is 30.5 Å². The Labute approximate surface area is 161 Å². The van der Waals surface area contributed by atoms with Gasteiger partial charge in [-0.1, -0.05) is 0 Å². The maximum Gasteiger partial charge on any atom is 0.254 e. The highest BCUT2D eigenvalue weighted by molar-refractivity contribution is 5.94. The van der Waals surface area contributed by atoms with Gasteiger partial charge in [-0.25, -0.2) is 8.78 Å². The van der Waals surface area contributed by atoms with Gasteiger partial charge in [-0.2, -0.15) is 0 Å². The van der Waals surface area contributed by atoms with Crippen molar-refractivity contribution >= 4 is 11.8 Å². The van der Waals surface area contributed by atoms with E-state index in [0.29, 0.717) is 17.6 Å². The van der Waals surface area contributed by atoms with Gasteiger partial charge in [0.2, 0.25) is 5.91 Å². The van der Waals surface area contributed by atoms with Crippen LogP contribution in [0, 0.1) is 11.6 Å². The first kappa shape index (κ1) is 21.1. The number of carbonyl (C=O) groups is 2. The number of halogens is 2. The van der Waals surface area contributed by atoms with Crippen LogP contribution in [0.15, 0.2) is 36.4 Å². The van der Waals surface area contributed by atoms with E-state index in [1.54, 1.807) is 32.2 Å². The second-order valence-corrected chi connectivity index (χ2v) is 6.03. The molecule has 6 nitrogen and oxygen atoms in total. The molecule has 0 aromatic heterocycles. The normalized spacial score (nSPS) is 11.5. The van der Waals surface area contributed by atoms with Crippen LogP contribution in [-0.2, 0) is 4.79 Å². The summed E-state index contributed by atoms with van der Waals surface area (Å²) in [5, 5.41) is 5.24. The van der Waals surface area contributed by atoms with E-state index in [2.05, 4.69) is 10.6 Å². The molecular formula is C20H22F2N2O4. The average molecular weight is 392 g/mol. The van der Waals surface area contributed by atoms with Crippen LogP contribution in [-0.4, -0.2) is 32.6 Å². The summed E-state index contributed by atoms with van der Waals surface area (Å²) in [4.78, 5) is 24.0. The SMILES string of the molecule is COc1ccc(C(C)NC(=O)CCNC(=O)c2ccc(F)cc2F)c(OC)c1. The molecule has 0 aliphatic carbocycles. The van der Waals surface area contributed by atoms with Crippen LogP contribution in [0.4, 0.5) is 8.78 Å². The van der Waals surface area contributed by atoms with Gasteiger partial charge in [-0.15, -0.1) is 0 Å². The molecule has 0 saturated carbocycles. The molecule has 0 aliphatic rings. The Hall–Kier alpha value is -3.16. The highest BCUT2D eigenvalue weighted by atomic mass is 19.1. The smallest absolute Gasteiger partial charge is 0.254 e. The van der Waals surface area contributed by atoms with Crippen LogP contribution in [0.25, 0.3) is 0 Å². The summed E-state index contributed by atoms with van der Waals surface area (Å²) in [6.45, 7) is 1.81. The van der Waals surface area contributed by atoms with E-state index in [1.807, 2.05) is 0 Å². The minimum absolute atomic E-state index is 0.00262. The third-order valence-electron chi connectivity index (χ3n) is 4.10. The van der Waals surface area contributed by atoms with Gasteiger partial charge in [0.05, 0.1) is 25.8 Å². The first-order valence-electron chi connectivity index (χ1n) is 8.60. The summed E-state index contributed by atoms with van der Waals surface area (Å²) in [6.07, 6.45) is -0.00262. The van der Waals surface area contributed by atoms with Crippen molar-refractivity contribution in [3.63, 3.8) is 0 Å². The average Bonchev–Trinajstić information content (AvgIpc) is 2.67. The van der Waals surface area contributed by atoms with Crippen molar-refractivity contribution in [2.45, 2.75) is 19.4 Å². The van der Waals surface area contributed by atoms with Crippen molar-refractivity contribution in [3.05, 3.63) is 59.2 Å². The van der Waals surface area contributed by atoms with Crippen LogP contribution < -0.4 is 20.1 Å². The fourth-order valence-electron chi connectivity index (χ4n) is 2.63. The lowest BCUT2D eigenvalue weighted by Crippen LogP contribution is -2.32. The molecule has 0 radical (unpaired) electrons. The zero-order chi connectivity index (χ0) is 20.7. The molecular weight excluding hydrogens is 370 g/mol. The first-order chi connectivity index (χ1) is 13.3. The highest BCUT2D eigenvalue weighted by Gasteiger charge is 2.16. The number of rotatable bonds is 8. The Morgan fingerprint density at radius 3 is 2.46 bits per heavy atom. The number of ether oxygens (including phenoxy) is 2. The lowest BCUT2D eigenvalue weighted by molar-refractivity contribution is -0.121. The minimum Gasteiger partial charge on any atom is -0.497 e. The number of methoxy groups -OCH3 is 2. The second kappa shape index (κ2) is 9.68. The van der Waals surface area contributed by atoms with Crippen molar-refractivity contribution in [2.24, 2.45) is 0 Å². The molecule has 8 heteroatoms. The summed E-state index contributed by atoms with van der Waals surface area (Å²) >= 11 is 0. The van der Waals surface area contributed by atoms with Crippen molar-refractivity contribution in [1.82, 2.24) is 10.6 Å². The molecule has 28 heavy (non-hydrogen) atoms. The lowest BCUT2D eigenvalue weighted by Gasteiger charge is -2.18. The van der Waals surface area contributed by atoms with Gasteiger partial charge in [-0.05, 0) is 31.2 Å². The molecule has 2 aromatic carbocycles. The van der Waals surface area contributed by atoms with Gasteiger partial charge in [0.25, 0.3) is 5.91 Å². The fourth-order valence-corrected chi connectivity index (χ4v) is 2.63. The molecule has 0 fully saturated rings. The Morgan fingerprint density at radius 1 is 1.07 bits per heavy atom. The molecule has 1 atom stereocenters. The molecule has 0 heterocycles. The van der Waals surface area contributed by atoms with E-state index in [9.17, 15) is 18.4 Å². The zero-order valence-corrected chi connectivity index (χ0v) is 15.8. The van der Waals surface area contributed by atoms with Gasteiger partial charge in [0.15, 0.2) is 0 Å². The van der Waals surface area contributed by atoms with Gasteiger partial charge in [0, 0.05) is 30.7 Å². The van der Waals surface area contributed by atoms with Crippen LogP contribution in [0.1, 0.15) is 35.3 Å². The molecule has 1 unspecified atom stereocenters. The second-order valence-electron chi connectivity index (χ2n) is 6.03. The van der Waals surface area contributed by atoms with Crippen molar-refractivity contribution < 1.29 is 27.8 Å². The van der Waals surface area contributed by atoms with Gasteiger partial charge >= 0.3 is 0 Å². The maximum atomic E-state index is 13.6. The van der Waals surface area contributed by atoms with Crippen LogP contribution in [0.2, 0.25) is 0 Å². The number of amides is 2. The van der Waals surface area contributed by atoms with Crippen LogP contribution >= 0.6 is 0 Å². The summed E-state index contributed by atoms with van der Waals surface area (Å²) < 4.78 is 36.9. The predicted octanol–water partition coefficient (Wildman–Crippen LogP) is 2.98. The number of hydrogen-bond donors (Lipinski definition) is 2. The van der Waals surface area contributed by atoms with E-state index < -0.39 is 17.5 Å². The van der Waals surface area contributed by atoms with Gasteiger partial charge in [-0.3, -0.25) is 9.59 Å². The molecule has 2 amide bonds. The van der Waals surface area contributed by atoms with Gasteiger partial charge < -0.3 is 20.1 Å². The van der Waals surface area contributed by atoms with Crippen molar-refractivity contribution in [1.29, 1.82) is 0 Å². The first-order valence-corrected chi connectivity index (χ1v) is 8.60. The monoisotopic (exact) mass is 392 g/mol. The summed E-state index contributed by atoms with van der Waals surface area (Å²) in [7, 11) is 3.07. The quantitative estimate of drug-likeness (QED) is 0.724. The summed E-state index contributed by atoms with van der Waals surface area (Å²) in [6, 6.07) is 7.62. The molecule has 2 aromatic rings. The number of hydrogen-bond acceptors (Lipinski definition) is 4. The van der Waals surface area contributed by atoms with Crippen LogP contribution in [0.3, 0.4) is 0 Å². The summed E-state index contributed by atoms with van der Waals surface area (Å²) in [5.74, 6) is -1.53. The molecule has 0 bridgehead atoms. The Balaban J connectivity index is 1.87. The Bertz CT molecular complexity index is 858.